The molecule has 29 heavy (non-hydrogen) atoms. The highest BCUT2D eigenvalue weighted by atomic mass is 16.5. The Labute approximate surface area is 166 Å². The van der Waals surface area contributed by atoms with Crippen molar-refractivity contribution >= 4 is 11.8 Å². The van der Waals surface area contributed by atoms with Crippen LogP contribution in [0.3, 0.4) is 0 Å². The molecule has 1 N–H and O–H groups in total. The molecule has 1 unspecified atom stereocenters. The van der Waals surface area contributed by atoms with Gasteiger partial charge >= 0.3 is 0 Å². The van der Waals surface area contributed by atoms with E-state index in [2.05, 4.69) is 25.8 Å². The largest absolute Gasteiger partial charge is 0.354 e. The Bertz CT molecular complexity index is 998. The zero-order valence-corrected chi connectivity index (χ0v) is 16.0. The van der Waals surface area contributed by atoms with Crippen molar-refractivity contribution < 1.29 is 14.1 Å². The van der Waals surface area contributed by atoms with Crippen LogP contribution in [0.25, 0.3) is 11.6 Å². The van der Waals surface area contributed by atoms with Crippen molar-refractivity contribution in [3.05, 3.63) is 47.9 Å². The molecule has 1 aliphatic heterocycles. The molecule has 150 valence electrons. The van der Waals surface area contributed by atoms with Crippen LogP contribution in [0.5, 0.6) is 0 Å². The van der Waals surface area contributed by atoms with Crippen LogP contribution in [-0.2, 0) is 22.7 Å². The molecule has 1 saturated heterocycles. The number of aromatic nitrogens is 5. The Hall–Kier alpha value is -3.56. The Kier molecular flexibility index (Phi) is 5.32. The van der Waals surface area contributed by atoms with Crippen LogP contribution in [0.4, 0.5) is 0 Å². The van der Waals surface area contributed by atoms with Gasteiger partial charge in [0.1, 0.15) is 0 Å². The molecule has 1 atom stereocenters. The number of hydrogen-bond donors (Lipinski definition) is 1. The van der Waals surface area contributed by atoms with Gasteiger partial charge in [0.2, 0.25) is 11.8 Å². The summed E-state index contributed by atoms with van der Waals surface area (Å²) in [6.45, 7) is 3.51. The molecule has 0 radical (unpaired) electrons. The summed E-state index contributed by atoms with van der Waals surface area (Å²) in [7, 11) is 0. The van der Waals surface area contributed by atoms with Gasteiger partial charge in [-0.15, -0.1) is 5.10 Å². The van der Waals surface area contributed by atoms with E-state index < -0.39 is 0 Å². The molecule has 10 nitrogen and oxygen atoms in total. The topological polar surface area (TPSA) is 119 Å². The quantitative estimate of drug-likeness (QED) is 0.628. The van der Waals surface area contributed by atoms with E-state index in [9.17, 15) is 9.59 Å². The summed E-state index contributed by atoms with van der Waals surface area (Å²) in [5.41, 5.74) is 1.54. The molecular weight excluding hydrogens is 374 g/mol. The van der Waals surface area contributed by atoms with Gasteiger partial charge in [-0.3, -0.25) is 9.59 Å². The summed E-state index contributed by atoms with van der Waals surface area (Å²) in [4.78, 5) is 30.5. The fraction of sp³-hybridized carbons (Fsp3) is 0.368. The lowest BCUT2D eigenvalue weighted by Crippen LogP contribution is -2.34. The second-order valence-corrected chi connectivity index (χ2v) is 6.97. The van der Waals surface area contributed by atoms with Crippen LogP contribution >= 0.6 is 0 Å². The molecule has 1 aliphatic rings. The second kappa shape index (κ2) is 8.21. The number of rotatable bonds is 7. The number of nitrogens with one attached hydrogen (secondary N) is 1. The number of carbonyl (C=O) groups excluding carboxylic acids is 2. The lowest BCUT2D eigenvalue weighted by Gasteiger charge is -2.16. The van der Waals surface area contributed by atoms with Gasteiger partial charge in [-0.05, 0) is 12.5 Å². The van der Waals surface area contributed by atoms with Gasteiger partial charge in [0.25, 0.3) is 5.89 Å². The third-order valence-electron chi connectivity index (χ3n) is 4.73. The van der Waals surface area contributed by atoms with Gasteiger partial charge in [0.05, 0.1) is 18.7 Å². The molecule has 0 spiro atoms. The van der Waals surface area contributed by atoms with Crippen LogP contribution in [0, 0.1) is 12.8 Å². The summed E-state index contributed by atoms with van der Waals surface area (Å²) in [6.07, 6.45) is 1.92. The van der Waals surface area contributed by atoms with E-state index in [4.69, 9.17) is 4.52 Å². The summed E-state index contributed by atoms with van der Waals surface area (Å²) in [5.74, 6) is 0.375. The van der Waals surface area contributed by atoms with Crippen molar-refractivity contribution in [2.75, 3.05) is 13.1 Å². The lowest BCUT2D eigenvalue weighted by atomic mass is 10.1. The highest BCUT2D eigenvalue weighted by Gasteiger charge is 2.34. The molecule has 10 heteroatoms. The van der Waals surface area contributed by atoms with E-state index in [1.165, 1.54) is 0 Å². The molecule has 0 aliphatic carbocycles. The molecule has 4 rings (SSSR count). The first-order valence-electron chi connectivity index (χ1n) is 9.39. The number of nitrogens with zero attached hydrogens (tertiary/aromatic N) is 6. The molecule has 2 amide bonds. The molecule has 3 heterocycles. The molecular formula is C19H21N7O3. The average molecular weight is 395 g/mol. The van der Waals surface area contributed by atoms with Crippen LogP contribution in [0.2, 0.25) is 0 Å². The minimum Gasteiger partial charge on any atom is -0.354 e. The minimum absolute atomic E-state index is 0.00442. The highest BCUT2D eigenvalue weighted by molar-refractivity contribution is 5.89. The fourth-order valence-electron chi connectivity index (χ4n) is 3.25. The van der Waals surface area contributed by atoms with Crippen LogP contribution in [-0.4, -0.2) is 54.9 Å². The van der Waals surface area contributed by atoms with Gasteiger partial charge in [-0.1, -0.05) is 40.7 Å². The van der Waals surface area contributed by atoms with Crippen LogP contribution < -0.4 is 5.32 Å². The van der Waals surface area contributed by atoms with E-state index in [-0.39, 0.29) is 24.2 Å². The Morgan fingerprint density at radius 1 is 1.31 bits per heavy atom. The normalized spacial score (nSPS) is 16.4. The molecule has 1 fully saturated rings. The van der Waals surface area contributed by atoms with E-state index in [0.29, 0.717) is 43.6 Å². The summed E-state index contributed by atoms with van der Waals surface area (Å²) in [6, 6.07) is 9.77. The maximum atomic E-state index is 12.4. The number of benzene rings is 1. The molecule has 0 saturated carbocycles. The predicted molar refractivity (Wildman–Crippen MR) is 101 cm³/mol. The third-order valence-corrected chi connectivity index (χ3v) is 4.73. The van der Waals surface area contributed by atoms with Crippen molar-refractivity contribution in [2.45, 2.75) is 26.4 Å². The van der Waals surface area contributed by atoms with E-state index >= 15 is 0 Å². The van der Waals surface area contributed by atoms with E-state index in [1.807, 2.05) is 30.3 Å². The van der Waals surface area contributed by atoms with Gasteiger partial charge in [0.15, 0.2) is 11.5 Å². The standard InChI is InChI=1S/C19H21N7O3/c1-13-21-19(29-23-13)16-12-26(24-22-16)8-7-20-18(28)15-9-17(27)25(11-15)10-14-5-3-2-4-6-14/h2-6,12,15H,7-11H2,1H3,(H,20,28). The van der Waals surface area contributed by atoms with Crippen molar-refractivity contribution in [3.63, 3.8) is 0 Å². The zero-order chi connectivity index (χ0) is 20.2. The number of carbonyl (C=O) groups is 2. The number of likely N-dealkylation sites (tertiary alicyclic amines) is 1. The van der Waals surface area contributed by atoms with Gasteiger partial charge < -0.3 is 14.7 Å². The van der Waals surface area contributed by atoms with Crippen molar-refractivity contribution in [3.8, 4) is 11.6 Å². The van der Waals surface area contributed by atoms with E-state index in [0.717, 1.165) is 5.56 Å². The Morgan fingerprint density at radius 2 is 2.14 bits per heavy atom. The monoisotopic (exact) mass is 395 g/mol. The fourth-order valence-corrected chi connectivity index (χ4v) is 3.25. The van der Waals surface area contributed by atoms with Crippen LogP contribution in [0.15, 0.2) is 41.1 Å². The first-order valence-corrected chi connectivity index (χ1v) is 9.39. The first-order chi connectivity index (χ1) is 14.1. The maximum Gasteiger partial charge on any atom is 0.280 e. The van der Waals surface area contributed by atoms with Gasteiger partial charge in [-0.25, -0.2) is 4.68 Å². The van der Waals surface area contributed by atoms with E-state index in [1.54, 1.807) is 22.7 Å². The molecule has 2 aromatic heterocycles. The molecule has 0 bridgehead atoms. The van der Waals surface area contributed by atoms with Gasteiger partial charge in [0, 0.05) is 26.1 Å². The molecule has 3 aromatic rings. The predicted octanol–water partition coefficient (Wildman–Crippen LogP) is 0.801. The summed E-state index contributed by atoms with van der Waals surface area (Å²) in [5, 5.41) is 14.6. The smallest absolute Gasteiger partial charge is 0.280 e. The molecule has 1 aromatic carbocycles. The third kappa shape index (κ3) is 4.48. The van der Waals surface area contributed by atoms with Crippen LogP contribution in [0.1, 0.15) is 17.8 Å². The average Bonchev–Trinajstić information content (AvgIpc) is 3.44. The Balaban J connectivity index is 1.25. The maximum absolute atomic E-state index is 12.4. The first kappa shape index (κ1) is 18.8. The van der Waals surface area contributed by atoms with Crippen molar-refractivity contribution in [2.24, 2.45) is 5.92 Å². The van der Waals surface area contributed by atoms with Crippen molar-refractivity contribution in [1.82, 2.24) is 35.4 Å². The highest BCUT2D eigenvalue weighted by Crippen LogP contribution is 2.20. The summed E-state index contributed by atoms with van der Waals surface area (Å²) < 4.78 is 6.65. The lowest BCUT2D eigenvalue weighted by molar-refractivity contribution is -0.129. The SMILES string of the molecule is Cc1noc(-c2cn(CCNC(=O)C3CC(=O)N(Cc4ccccc4)C3)nn2)n1. The van der Waals surface area contributed by atoms with Crippen molar-refractivity contribution in [1.29, 1.82) is 0 Å². The number of amides is 2. The zero-order valence-electron chi connectivity index (χ0n) is 16.0. The summed E-state index contributed by atoms with van der Waals surface area (Å²) >= 11 is 0. The number of aryl methyl sites for hydroxylation is 1. The minimum atomic E-state index is -0.334. The second-order valence-electron chi connectivity index (χ2n) is 6.97. The number of hydrogen-bond acceptors (Lipinski definition) is 7. The van der Waals surface area contributed by atoms with Gasteiger partial charge in [-0.2, -0.15) is 4.98 Å². The Morgan fingerprint density at radius 3 is 2.90 bits per heavy atom.